The van der Waals surface area contributed by atoms with Crippen molar-refractivity contribution >= 4 is 19.2 Å². The molecule has 0 aromatic carbocycles. The number of rotatable bonds is 13. The molecule has 0 saturated heterocycles. The zero-order valence-electron chi connectivity index (χ0n) is 11.5. The third-order valence-corrected chi connectivity index (χ3v) is 4.77. The molecule has 0 atom stereocenters. The first-order valence-electron chi connectivity index (χ1n) is 6.70. The molecule has 4 nitrogen and oxygen atoms in total. The van der Waals surface area contributed by atoms with Crippen molar-refractivity contribution in [1.82, 2.24) is 0 Å². The second kappa shape index (κ2) is 12.4. The standard InChI is InChI=1S/C12H26ClO4P/c1-3-16-18(14,17-4-2)11-9-7-5-6-8-10-15-12-13/h3-12H2,1-2H3. The van der Waals surface area contributed by atoms with Gasteiger partial charge in [-0.3, -0.25) is 4.57 Å². The lowest BCUT2D eigenvalue weighted by Gasteiger charge is -2.16. The average molecular weight is 301 g/mol. The molecule has 0 aliphatic heterocycles. The number of halogens is 1. The average Bonchev–Trinajstić information content (AvgIpc) is 2.33. The molecule has 0 spiro atoms. The van der Waals surface area contributed by atoms with E-state index in [1.165, 1.54) is 0 Å². The van der Waals surface area contributed by atoms with Crippen molar-refractivity contribution in [2.24, 2.45) is 0 Å². The molecule has 0 aromatic rings. The molecule has 0 saturated carbocycles. The predicted octanol–water partition coefficient (Wildman–Crippen LogP) is 4.42. The lowest BCUT2D eigenvalue weighted by molar-refractivity contribution is 0.173. The summed E-state index contributed by atoms with van der Waals surface area (Å²) in [5, 5.41) is 0. The maximum Gasteiger partial charge on any atom is 0.330 e. The van der Waals surface area contributed by atoms with Crippen molar-refractivity contribution in [1.29, 1.82) is 0 Å². The fourth-order valence-electron chi connectivity index (χ4n) is 1.65. The van der Waals surface area contributed by atoms with Crippen molar-refractivity contribution in [2.75, 3.05) is 32.0 Å². The van der Waals surface area contributed by atoms with Crippen LogP contribution in [0.3, 0.4) is 0 Å². The summed E-state index contributed by atoms with van der Waals surface area (Å²) >= 11 is 5.39. The van der Waals surface area contributed by atoms with Gasteiger partial charge in [-0.25, -0.2) is 0 Å². The van der Waals surface area contributed by atoms with E-state index in [1.54, 1.807) is 0 Å². The number of hydrogen-bond acceptors (Lipinski definition) is 4. The van der Waals surface area contributed by atoms with Gasteiger partial charge in [-0.05, 0) is 26.7 Å². The van der Waals surface area contributed by atoms with Crippen LogP contribution in [0.25, 0.3) is 0 Å². The van der Waals surface area contributed by atoms with Crippen LogP contribution in [-0.2, 0) is 18.3 Å². The Morgan fingerprint density at radius 3 is 2.06 bits per heavy atom. The fraction of sp³-hybridized carbons (Fsp3) is 1.00. The SMILES string of the molecule is CCOP(=O)(CCCCCCCOCCl)OCC. The third kappa shape index (κ3) is 10.3. The van der Waals surface area contributed by atoms with E-state index in [-0.39, 0.29) is 6.07 Å². The highest BCUT2D eigenvalue weighted by Gasteiger charge is 2.22. The summed E-state index contributed by atoms with van der Waals surface area (Å²) in [7, 11) is -2.83. The van der Waals surface area contributed by atoms with Crippen LogP contribution in [0.5, 0.6) is 0 Å². The molecule has 18 heavy (non-hydrogen) atoms. The van der Waals surface area contributed by atoms with Gasteiger partial charge in [-0.2, -0.15) is 0 Å². The van der Waals surface area contributed by atoms with Crippen LogP contribution in [0, 0.1) is 0 Å². The summed E-state index contributed by atoms with van der Waals surface area (Å²) < 4.78 is 27.6. The van der Waals surface area contributed by atoms with Gasteiger partial charge in [0.2, 0.25) is 0 Å². The quantitative estimate of drug-likeness (QED) is 0.287. The lowest BCUT2D eigenvalue weighted by Crippen LogP contribution is -2.00. The van der Waals surface area contributed by atoms with Crippen molar-refractivity contribution in [3.63, 3.8) is 0 Å². The van der Waals surface area contributed by atoms with Crippen LogP contribution in [0.2, 0.25) is 0 Å². The van der Waals surface area contributed by atoms with E-state index in [2.05, 4.69) is 0 Å². The molecule has 0 N–H and O–H groups in total. The second-order valence-electron chi connectivity index (χ2n) is 3.96. The van der Waals surface area contributed by atoms with E-state index >= 15 is 0 Å². The highest BCUT2D eigenvalue weighted by molar-refractivity contribution is 7.53. The number of alkyl halides is 1. The monoisotopic (exact) mass is 300 g/mol. The molecule has 0 aliphatic carbocycles. The number of hydrogen-bond donors (Lipinski definition) is 0. The van der Waals surface area contributed by atoms with Gasteiger partial charge in [0.15, 0.2) is 0 Å². The van der Waals surface area contributed by atoms with Gasteiger partial charge >= 0.3 is 7.60 Å². The molecule has 110 valence electrons. The Kier molecular flexibility index (Phi) is 12.7. The Morgan fingerprint density at radius 2 is 1.50 bits per heavy atom. The van der Waals surface area contributed by atoms with Crippen molar-refractivity contribution < 1.29 is 18.3 Å². The van der Waals surface area contributed by atoms with Gasteiger partial charge in [-0.15, -0.1) is 0 Å². The van der Waals surface area contributed by atoms with E-state index in [4.69, 9.17) is 25.4 Å². The summed E-state index contributed by atoms with van der Waals surface area (Å²) in [6, 6.07) is 0.270. The number of ether oxygens (including phenoxy) is 1. The summed E-state index contributed by atoms with van der Waals surface area (Å²) in [5.41, 5.74) is 0. The summed E-state index contributed by atoms with van der Waals surface area (Å²) in [6.45, 7) is 5.27. The first kappa shape index (κ1) is 18.4. The minimum absolute atomic E-state index is 0.270. The molecular weight excluding hydrogens is 275 g/mol. The molecule has 0 radical (unpaired) electrons. The van der Waals surface area contributed by atoms with Crippen LogP contribution >= 0.6 is 19.2 Å². The Labute approximate surface area is 116 Å². The summed E-state index contributed by atoms with van der Waals surface area (Å²) in [5.74, 6) is 0. The largest absolute Gasteiger partial charge is 0.366 e. The van der Waals surface area contributed by atoms with E-state index in [9.17, 15) is 4.57 Å². The topological polar surface area (TPSA) is 44.8 Å². The molecule has 0 aromatic heterocycles. The van der Waals surface area contributed by atoms with Gasteiger partial charge in [-0.1, -0.05) is 30.9 Å². The minimum atomic E-state index is -2.83. The van der Waals surface area contributed by atoms with Crippen LogP contribution in [0.4, 0.5) is 0 Å². The van der Waals surface area contributed by atoms with E-state index in [0.717, 1.165) is 38.7 Å². The highest BCUT2D eigenvalue weighted by Crippen LogP contribution is 2.48. The first-order valence-corrected chi connectivity index (χ1v) is 8.96. The third-order valence-electron chi connectivity index (χ3n) is 2.45. The molecule has 0 fully saturated rings. The molecule has 6 heteroatoms. The van der Waals surface area contributed by atoms with Gasteiger partial charge in [0.05, 0.1) is 19.4 Å². The molecule has 0 bridgehead atoms. The summed E-state index contributed by atoms with van der Waals surface area (Å²) in [4.78, 5) is 0. The predicted molar refractivity (Wildman–Crippen MR) is 75.5 cm³/mol. The van der Waals surface area contributed by atoms with E-state index in [0.29, 0.717) is 19.4 Å². The van der Waals surface area contributed by atoms with Crippen molar-refractivity contribution in [2.45, 2.75) is 46.0 Å². The minimum Gasteiger partial charge on any atom is -0.366 e. The van der Waals surface area contributed by atoms with Crippen molar-refractivity contribution in [3.8, 4) is 0 Å². The Hall–Kier alpha value is 0.400. The normalized spacial score (nSPS) is 11.9. The van der Waals surface area contributed by atoms with Crippen molar-refractivity contribution in [3.05, 3.63) is 0 Å². The lowest BCUT2D eigenvalue weighted by atomic mass is 10.2. The maximum absolute atomic E-state index is 12.1. The molecule has 0 aliphatic rings. The van der Waals surface area contributed by atoms with Gasteiger partial charge < -0.3 is 13.8 Å². The highest BCUT2D eigenvalue weighted by atomic mass is 35.5. The van der Waals surface area contributed by atoms with Crippen LogP contribution < -0.4 is 0 Å². The molecule has 0 amide bonds. The second-order valence-corrected chi connectivity index (χ2v) is 6.36. The fourth-order valence-corrected chi connectivity index (χ4v) is 3.49. The van der Waals surface area contributed by atoms with E-state index < -0.39 is 7.60 Å². The van der Waals surface area contributed by atoms with Gasteiger partial charge in [0.25, 0.3) is 0 Å². The Morgan fingerprint density at radius 1 is 0.944 bits per heavy atom. The van der Waals surface area contributed by atoms with E-state index in [1.807, 2.05) is 13.8 Å². The zero-order chi connectivity index (χ0) is 13.7. The molecular formula is C12H26ClO4P. The molecule has 0 unspecified atom stereocenters. The van der Waals surface area contributed by atoms with Gasteiger partial charge in [0, 0.05) is 6.61 Å². The maximum atomic E-state index is 12.1. The molecule has 0 rings (SSSR count). The van der Waals surface area contributed by atoms with Crippen LogP contribution in [0.1, 0.15) is 46.0 Å². The molecule has 0 heterocycles. The van der Waals surface area contributed by atoms with Gasteiger partial charge in [0.1, 0.15) is 6.07 Å². The Bertz CT molecular complexity index is 216. The van der Waals surface area contributed by atoms with Crippen LogP contribution in [-0.4, -0.2) is 32.0 Å². The van der Waals surface area contributed by atoms with Crippen LogP contribution in [0.15, 0.2) is 0 Å². The zero-order valence-corrected chi connectivity index (χ0v) is 13.2. The number of unbranched alkanes of at least 4 members (excludes halogenated alkanes) is 4. The summed E-state index contributed by atoms with van der Waals surface area (Å²) in [6.07, 6.45) is 5.71. The smallest absolute Gasteiger partial charge is 0.330 e. The first-order chi connectivity index (χ1) is 8.68. The Balaban J connectivity index is 3.52.